The standard InChI is InChI=1S/C18H17ClN2/c1-13(12-14-7-9-15(19)10-8-14)21-18-6-2-5-17-16(18)4-3-11-20-17/h2-11,13,21H,12H2,1H3. The van der Waals surface area contributed by atoms with E-state index in [0.717, 1.165) is 28.0 Å². The van der Waals surface area contributed by atoms with Crippen molar-refractivity contribution in [2.24, 2.45) is 0 Å². The molecule has 0 fully saturated rings. The van der Waals surface area contributed by atoms with E-state index in [1.807, 2.05) is 36.5 Å². The lowest BCUT2D eigenvalue weighted by Crippen LogP contribution is -2.18. The van der Waals surface area contributed by atoms with Crippen LogP contribution in [-0.4, -0.2) is 11.0 Å². The molecule has 0 saturated carbocycles. The van der Waals surface area contributed by atoms with Crippen LogP contribution in [0, 0.1) is 0 Å². The molecule has 0 aliphatic carbocycles. The summed E-state index contributed by atoms with van der Waals surface area (Å²) in [6, 6.07) is 18.6. The lowest BCUT2D eigenvalue weighted by atomic mass is 10.1. The predicted molar refractivity (Wildman–Crippen MR) is 90.0 cm³/mol. The summed E-state index contributed by atoms with van der Waals surface area (Å²) in [5.41, 5.74) is 3.42. The van der Waals surface area contributed by atoms with Crippen LogP contribution in [0.15, 0.2) is 60.8 Å². The molecule has 1 atom stereocenters. The minimum absolute atomic E-state index is 0.331. The third-order valence-electron chi connectivity index (χ3n) is 3.50. The molecular formula is C18H17ClN2. The van der Waals surface area contributed by atoms with Gasteiger partial charge >= 0.3 is 0 Å². The molecule has 3 rings (SSSR count). The summed E-state index contributed by atoms with van der Waals surface area (Å²) in [6.45, 7) is 2.18. The summed E-state index contributed by atoms with van der Waals surface area (Å²) in [5, 5.41) is 5.51. The molecule has 0 radical (unpaired) electrons. The first-order valence-electron chi connectivity index (χ1n) is 7.07. The molecule has 1 unspecified atom stereocenters. The summed E-state index contributed by atoms with van der Waals surface area (Å²) < 4.78 is 0. The Morgan fingerprint density at radius 1 is 1.05 bits per heavy atom. The molecule has 1 aromatic heterocycles. The summed E-state index contributed by atoms with van der Waals surface area (Å²) in [4.78, 5) is 4.39. The number of hydrogen-bond acceptors (Lipinski definition) is 2. The van der Waals surface area contributed by atoms with Crippen LogP contribution in [0.25, 0.3) is 10.9 Å². The van der Waals surface area contributed by atoms with Crippen LogP contribution in [-0.2, 0) is 6.42 Å². The molecule has 21 heavy (non-hydrogen) atoms. The normalized spacial score (nSPS) is 12.3. The van der Waals surface area contributed by atoms with Gasteiger partial charge in [0.1, 0.15) is 0 Å². The minimum Gasteiger partial charge on any atom is -0.382 e. The van der Waals surface area contributed by atoms with Crippen LogP contribution in [0.3, 0.4) is 0 Å². The van der Waals surface area contributed by atoms with Crippen molar-refractivity contribution in [2.45, 2.75) is 19.4 Å². The van der Waals surface area contributed by atoms with Crippen molar-refractivity contribution in [3.63, 3.8) is 0 Å². The molecular weight excluding hydrogens is 280 g/mol. The van der Waals surface area contributed by atoms with Gasteiger partial charge < -0.3 is 5.32 Å². The van der Waals surface area contributed by atoms with Crippen molar-refractivity contribution in [2.75, 3.05) is 5.32 Å². The van der Waals surface area contributed by atoms with Gasteiger partial charge in [-0.15, -0.1) is 0 Å². The van der Waals surface area contributed by atoms with E-state index < -0.39 is 0 Å². The maximum absolute atomic E-state index is 5.92. The van der Waals surface area contributed by atoms with Gasteiger partial charge in [0.2, 0.25) is 0 Å². The molecule has 2 nitrogen and oxygen atoms in total. The van der Waals surface area contributed by atoms with Crippen molar-refractivity contribution < 1.29 is 0 Å². The highest BCUT2D eigenvalue weighted by atomic mass is 35.5. The van der Waals surface area contributed by atoms with Gasteiger partial charge in [-0.1, -0.05) is 29.8 Å². The molecule has 0 spiro atoms. The zero-order chi connectivity index (χ0) is 14.7. The van der Waals surface area contributed by atoms with Gasteiger partial charge in [-0.25, -0.2) is 0 Å². The number of fused-ring (bicyclic) bond motifs is 1. The monoisotopic (exact) mass is 296 g/mol. The van der Waals surface area contributed by atoms with Crippen molar-refractivity contribution in [3.05, 3.63) is 71.4 Å². The Kier molecular flexibility index (Phi) is 4.07. The van der Waals surface area contributed by atoms with E-state index in [2.05, 4.69) is 41.5 Å². The summed E-state index contributed by atoms with van der Waals surface area (Å²) in [6.07, 6.45) is 2.77. The second kappa shape index (κ2) is 6.15. The zero-order valence-corrected chi connectivity index (χ0v) is 12.6. The minimum atomic E-state index is 0.331. The van der Waals surface area contributed by atoms with E-state index in [1.54, 1.807) is 0 Å². The fourth-order valence-electron chi connectivity index (χ4n) is 2.52. The molecule has 3 aromatic rings. The lowest BCUT2D eigenvalue weighted by molar-refractivity contribution is 0.791. The number of nitrogens with one attached hydrogen (secondary N) is 1. The summed E-state index contributed by atoms with van der Waals surface area (Å²) in [7, 11) is 0. The smallest absolute Gasteiger partial charge is 0.0722 e. The van der Waals surface area contributed by atoms with E-state index in [4.69, 9.17) is 11.6 Å². The maximum Gasteiger partial charge on any atom is 0.0722 e. The van der Waals surface area contributed by atoms with Crippen LogP contribution in [0.4, 0.5) is 5.69 Å². The molecule has 1 heterocycles. The number of aromatic nitrogens is 1. The highest BCUT2D eigenvalue weighted by Crippen LogP contribution is 2.22. The second-order valence-corrected chi connectivity index (χ2v) is 5.69. The highest BCUT2D eigenvalue weighted by molar-refractivity contribution is 6.30. The average molecular weight is 297 g/mol. The molecule has 106 valence electrons. The molecule has 1 N–H and O–H groups in total. The van der Waals surface area contributed by atoms with Crippen molar-refractivity contribution in [1.82, 2.24) is 4.98 Å². The maximum atomic E-state index is 5.92. The first-order chi connectivity index (χ1) is 10.2. The Labute approximate surface area is 129 Å². The van der Waals surface area contributed by atoms with E-state index in [1.165, 1.54) is 5.56 Å². The number of rotatable bonds is 4. The van der Waals surface area contributed by atoms with E-state index in [9.17, 15) is 0 Å². The largest absolute Gasteiger partial charge is 0.382 e. The Hall–Kier alpha value is -2.06. The van der Waals surface area contributed by atoms with Crippen molar-refractivity contribution in [3.8, 4) is 0 Å². The number of halogens is 1. The van der Waals surface area contributed by atoms with Crippen LogP contribution in [0.2, 0.25) is 5.02 Å². The zero-order valence-electron chi connectivity index (χ0n) is 11.9. The number of nitrogens with zero attached hydrogens (tertiary/aromatic N) is 1. The molecule has 0 bridgehead atoms. The third-order valence-corrected chi connectivity index (χ3v) is 3.75. The van der Waals surface area contributed by atoms with Gasteiger partial charge in [0.05, 0.1) is 5.52 Å². The fourth-order valence-corrected chi connectivity index (χ4v) is 2.65. The first kappa shape index (κ1) is 13.9. The average Bonchev–Trinajstić information content (AvgIpc) is 2.50. The van der Waals surface area contributed by atoms with Gasteiger partial charge in [-0.3, -0.25) is 4.98 Å². The third kappa shape index (κ3) is 3.34. The van der Waals surface area contributed by atoms with Gasteiger partial charge in [0.25, 0.3) is 0 Å². The summed E-state index contributed by atoms with van der Waals surface area (Å²) in [5.74, 6) is 0. The van der Waals surface area contributed by atoms with E-state index in [0.29, 0.717) is 6.04 Å². The van der Waals surface area contributed by atoms with Crippen LogP contribution >= 0.6 is 11.6 Å². The van der Waals surface area contributed by atoms with Gasteiger partial charge in [-0.2, -0.15) is 0 Å². The van der Waals surface area contributed by atoms with Gasteiger partial charge in [0.15, 0.2) is 0 Å². The van der Waals surface area contributed by atoms with Crippen molar-refractivity contribution in [1.29, 1.82) is 0 Å². The fraction of sp³-hybridized carbons (Fsp3) is 0.167. The summed E-state index contributed by atoms with van der Waals surface area (Å²) >= 11 is 5.92. The van der Waals surface area contributed by atoms with Gasteiger partial charge in [-0.05, 0) is 55.3 Å². The van der Waals surface area contributed by atoms with E-state index in [-0.39, 0.29) is 0 Å². The molecule has 0 saturated heterocycles. The Balaban J connectivity index is 1.77. The molecule has 3 heteroatoms. The number of hydrogen-bond donors (Lipinski definition) is 1. The molecule has 0 aliphatic rings. The van der Waals surface area contributed by atoms with Crippen LogP contribution in [0.5, 0.6) is 0 Å². The van der Waals surface area contributed by atoms with E-state index >= 15 is 0 Å². The van der Waals surface area contributed by atoms with Crippen molar-refractivity contribution >= 4 is 28.2 Å². The molecule has 0 amide bonds. The highest BCUT2D eigenvalue weighted by Gasteiger charge is 2.06. The second-order valence-electron chi connectivity index (χ2n) is 5.25. The number of benzene rings is 2. The number of anilines is 1. The number of pyridine rings is 1. The lowest BCUT2D eigenvalue weighted by Gasteiger charge is -2.17. The molecule has 0 aliphatic heterocycles. The van der Waals surface area contributed by atoms with Crippen LogP contribution < -0.4 is 5.32 Å². The quantitative estimate of drug-likeness (QED) is 0.738. The van der Waals surface area contributed by atoms with Gasteiger partial charge in [0, 0.05) is 28.3 Å². The Bertz CT molecular complexity index is 732. The molecule has 2 aromatic carbocycles. The Morgan fingerprint density at radius 3 is 2.67 bits per heavy atom. The topological polar surface area (TPSA) is 24.9 Å². The first-order valence-corrected chi connectivity index (χ1v) is 7.45. The Morgan fingerprint density at radius 2 is 1.86 bits per heavy atom. The van der Waals surface area contributed by atoms with Crippen LogP contribution in [0.1, 0.15) is 12.5 Å². The predicted octanol–water partition coefficient (Wildman–Crippen LogP) is 4.93. The SMILES string of the molecule is CC(Cc1ccc(Cl)cc1)Nc1cccc2ncccc12.